The fourth-order valence-electron chi connectivity index (χ4n) is 2.01. The van der Waals surface area contributed by atoms with Crippen LogP contribution in [0.4, 0.5) is 5.82 Å². The van der Waals surface area contributed by atoms with E-state index in [1.165, 1.54) is 32.5 Å². The van der Waals surface area contributed by atoms with Gasteiger partial charge < -0.3 is 5.73 Å². The van der Waals surface area contributed by atoms with Gasteiger partial charge in [-0.2, -0.15) is 0 Å². The van der Waals surface area contributed by atoms with Crippen LogP contribution < -0.4 is 5.73 Å². The zero-order valence-corrected chi connectivity index (χ0v) is 15.2. The Hall–Kier alpha value is -2.52. The Kier molecular flexibility index (Phi) is 5.39. The second-order valence-electron chi connectivity index (χ2n) is 5.59. The fourth-order valence-corrected chi connectivity index (χ4v) is 3.07. The molecule has 2 aromatic rings. The van der Waals surface area contributed by atoms with E-state index in [9.17, 15) is 13.2 Å². The molecular weight excluding hydrogens is 344 g/mol. The van der Waals surface area contributed by atoms with Gasteiger partial charge in [-0.1, -0.05) is 12.1 Å². The molecule has 2 N–H and O–H groups in total. The van der Waals surface area contributed by atoms with E-state index < -0.39 is 21.0 Å². The van der Waals surface area contributed by atoms with Gasteiger partial charge in [0.05, 0.1) is 29.1 Å². The Balaban J connectivity index is 2.42. The normalized spacial score (nSPS) is 11.6. The summed E-state index contributed by atoms with van der Waals surface area (Å²) in [6, 6.07) is 6.24. The SMILES string of the molecule is CON(C)C(=O)c1nc(-c2ccc(S(=O)(=O)C(C)C)cc2)cnc1N. The maximum atomic E-state index is 12.2. The first kappa shape index (κ1) is 18.8. The molecule has 1 amide bonds. The molecule has 0 saturated carbocycles. The van der Waals surface area contributed by atoms with Crippen LogP contribution >= 0.6 is 0 Å². The zero-order chi connectivity index (χ0) is 18.8. The van der Waals surface area contributed by atoms with E-state index in [1.807, 2.05) is 0 Å². The van der Waals surface area contributed by atoms with Gasteiger partial charge in [0.25, 0.3) is 5.91 Å². The number of hydrogen-bond acceptors (Lipinski definition) is 7. The number of carbonyl (C=O) groups excluding carboxylic acids is 1. The Labute approximate surface area is 146 Å². The van der Waals surface area contributed by atoms with Gasteiger partial charge in [-0.15, -0.1) is 0 Å². The smallest absolute Gasteiger partial charge is 0.299 e. The molecule has 9 heteroatoms. The van der Waals surface area contributed by atoms with Crippen molar-refractivity contribution in [2.24, 2.45) is 0 Å². The summed E-state index contributed by atoms with van der Waals surface area (Å²) >= 11 is 0. The van der Waals surface area contributed by atoms with Crippen LogP contribution in [0.1, 0.15) is 24.3 Å². The molecule has 0 atom stereocenters. The number of anilines is 1. The first-order chi connectivity index (χ1) is 11.7. The summed E-state index contributed by atoms with van der Waals surface area (Å²) in [6.07, 6.45) is 1.42. The minimum absolute atomic E-state index is 0.0170. The lowest BCUT2D eigenvalue weighted by Gasteiger charge is -2.14. The maximum Gasteiger partial charge on any atom is 0.299 e. The van der Waals surface area contributed by atoms with Crippen molar-refractivity contribution in [3.05, 3.63) is 36.2 Å². The molecule has 0 fully saturated rings. The van der Waals surface area contributed by atoms with Crippen LogP contribution in [-0.4, -0.2) is 48.8 Å². The van der Waals surface area contributed by atoms with E-state index in [-0.39, 0.29) is 16.4 Å². The second kappa shape index (κ2) is 7.16. The Morgan fingerprint density at radius 1 is 1.24 bits per heavy atom. The number of sulfone groups is 1. The number of nitrogens with two attached hydrogens (primary N) is 1. The lowest BCUT2D eigenvalue weighted by atomic mass is 10.1. The van der Waals surface area contributed by atoms with Crippen molar-refractivity contribution in [1.29, 1.82) is 0 Å². The Morgan fingerprint density at radius 3 is 2.36 bits per heavy atom. The highest BCUT2D eigenvalue weighted by Crippen LogP contribution is 2.23. The number of carbonyl (C=O) groups is 1. The molecule has 0 unspecified atom stereocenters. The summed E-state index contributed by atoms with van der Waals surface area (Å²) in [6.45, 7) is 3.25. The maximum absolute atomic E-state index is 12.2. The molecule has 0 radical (unpaired) electrons. The van der Waals surface area contributed by atoms with Gasteiger partial charge >= 0.3 is 0 Å². The molecule has 0 aliphatic rings. The van der Waals surface area contributed by atoms with E-state index in [4.69, 9.17) is 10.6 Å². The standard InChI is InChI=1S/C16H20N4O4S/c1-10(2)25(22,23)12-7-5-11(6-8-12)13-9-18-15(17)14(19-13)16(21)20(3)24-4/h5-10H,1-4H3,(H2,17,18). The predicted molar refractivity (Wildman–Crippen MR) is 93.3 cm³/mol. The summed E-state index contributed by atoms with van der Waals surface area (Å²) < 4.78 is 24.3. The van der Waals surface area contributed by atoms with Gasteiger partial charge in [-0.25, -0.2) is 23.4 Å². The van der Waals surface area contributed by atoms with Crippen molar-refractivity contribution in [1.82, 2.24) is 15.0 Å². The van der Waals surface area contributed by atoms with Crippen LogP contribution in [0.3, 0.4) is 0 Å². The van der Waals surface area contributed by atoms with Gasteiger partial charge in [0.15, 0.2) is 21.3 Å². The third-order valence-corrected chi connectivity index (χ3v) is 5.83. The van der Waals surface area contributed by atoms with Crippen molar-refractivity contribution in [2.75, 3.05) is 19.9 Å². The van der Waals surface area contributed by atoms with Crippen molar-refractivity contribution in [2.45, 2.75) is 24.0 Å². The van der Waals surface area contributed by atoms with Crippen LogP contribution in [0.15, 0.2) is 35.4 Å². The zero-order valence-electron chi connectivity index (χ0n) is 14.4. The van der Waals surface area contributed by atoms with Crippen LogP contribution in [0.25, 0.3) is 11.3 Å². The predicted octanol–water partition coefficient (Wildman–Crippen LogP) is 1.54. The van der Waals surface area contributed by atoms with Gasteiger partial charge in [0, 0.05) is 12.6 Å². The highest BCUT2D eigenvalue weighted by Gasteiger charge is 2.20. The molecule has 1 aromatic carbocycles. The van der Waals surface area contributed by atoms with Crippen molar-refractivity contribution in [3.8, 4) is 11.3 Å². The lowest BCUT2D eigenvalue weighted by molar-refractivity contribution is -0.0759. The first-order valence-corrected chi connectivity index (χ1v) is 9.02. The molecule has 0 aliphatic carbocycles. The van der Waals surface area contributed by atoms with Crippen LogP contribution in [-0.2, 0) is 14.7 Å². The molecule has 8 nitrogen and oxygen atoms in total. The van der Waals surface area contributed by atoms with Gasteiger partial charge in [0.1, 0.15) is 0 Å². The molecule has 1 heterocycles. The Bertz CT molecular complexity index is 880. The topological polar surface area (TPSA) is 115 Å². The van der Waals surface area contributed by atoms with Crippen LogP contribution in [0, 0.1) is 0 Å². The monoisotopic (exact) mass is 364 g/mol. The molecule has 2 rings (SSSR count). The summed E-state index contributed by atoms with van der Waals surface area (Å²) in [5.41, 5.74) is 6.69. The van der Waals surface area contributed by atoms with E-state index in [0.717, 1.165) is 5.06 Å². The molecule has 1 aromatic heterocycles. The van der Waals surface area contributed by atoms with Gasteiger partial charge in [0.2, 0.25) is 0 Å². The van der Waals surface area contributed by atoms with E-state index in [0.29, 0.717) is 11.3 Å². The number of hydrogen-bond donors (Lipinski definition) is 1. The number of benzene rings is 1. The molecule has 0 saturated heterocycles. The van der Waals surface area contributed by atoms with Crippen molar-refractivity contribution in [3.63, 3.8) is 0 Å². The van der Waals surface area contributed by atoms with E-state index in [2.05, 4.69) is 9.97 Å². The third kappa shape index (κ3) is 3.77. The number of hydroxylamine groups is 2. The van der Waals surface area contributed by atoms with Crippen molar-refractivity contribution < 1.29 is 18.0 Å². The number of nitrogens with zero attached hydrogens (tertiary/aromatic N) is 3. The third-order valence-electron chi connectivity index (χ3n) is 3.66. The van der Waals surface area contributed by atoms with Crippen molar-refractivity contribution >= 4 is 21.6 Å². The molecule has 0 spiro atoms. The number of nitrogen functional groups attached to an aromatic ring is 1. The Morgan fingerprint density at radius 2 is 1.84 bits per heavy atom. The largest absolute Gasteiger partial charge is 0.382 e. The highest BCUT2D eigenvalue weighted by molar-refractivity contribution is 7.92. The average Bonchev–Trinajstić information content (AvgIpc) is 2.60. The number of rotatable bonds is 5. The molecule has 0 bridgehead atoms. The minimum atomic E-state index is -3.35. The second-order valence-corrected chi connectivity index (χ2v) is 8.10. The van der Waals surface area contributed by atoms with Crippen LogP contribution in [0.2, 0.25) is 0 Å². The highest BCUT2D eigenvalue weighted by atomic mass is 32.2. The molecule has 25 heavy (non-hydrogen) atoms. The van der Waals surface area contributed by atoms with E-state index in [1.54, 1.807) is 26.0 Å². The van der Waals surface area contributed by atoms with Crippen LogP contribution in [0.5, 0.6) is 0 Å². The number of aromatic nitrogens is 2. The van der Waals surface area contributed by atoms with Gasteiger partial charge in [-0.05, 0) is 26.0 Å². The summed E-state index contributed by atoms with van der Waals surface area (Å²) in [5, 5.41) is 0.478. The number of amides is 1. The molecule has 134 valence electrons. The first-order valence-electron chi connectivity index (χ1n) is 7.47. The summed E-state index contributed by atoms with van der Waals surface area (Å²) in [5.74, 6) is -0.551. The lowest BCUT2D eigenvalue weighted by Crippen LogP contribution is -2.27. The average molecular weight is 364 g/mol. The summed E-state index contributed by atoms with van der Waals surface area (Å²) in [4.78, 5) is 25.5. The molecular formula is C16H20N4O4S. The minimum Gasteiger partial charge on any atom is -0.382 e. The fraction of sp³-hybridized carbons (Fsp3) is 0.312. The quantitative estimate of drug-likeness (QED) is 0.800. The summed E-state index contributed by atoms with van der Waals surface area (Å²) in [7, 11) is -0.573. The van der Waals surface area contributed by atoms with Gasteiger partial charge in [-0.3, -0.25) is 9.63 Å². The molecule has 0 aliphatic heterocycles. The van der Waals surface area contributed by atoms with E-state index >= 15 is 0 Å².